The maximum Gasteiger partial charge on any atom is 0.259 e. The summed E-state index contributed by atoms with van der Waals surface area (Å²) >= 11 is 0. The van der Waals surface area contributed by atoms with Crippen LogP contribution >= 0.6 is 0 Å². The molecule has 0 saturated carbocycles. The number of nitrogens with one attached hydrogen (secondary N) is 2. The topological polar surface area (TPSA) is 178 Å². The number of ether oxygens (including phenoxy) is 1. The molecular formula is C24H30FN11O3. The van der Waals surface area contributed by atoms with Crippen molar-refractivity contribution in [2.24, 2.45) is 5.73 Å². The molecule has 0 atom stereocenters. The third-order valence-corrected chi connectivity index (χ3v) is 6.20. The number of fused-ring (bicyclic) bond motifs is 1. The van der Waals surface area contributed by atoms with Crippen LogP contribution in [-0.4, -0.2) is 94.3 Å². The van der Waals surface area contributed by atoms with Gasteiger partial charge in [0.15, 0.2) is 5.76 Å². The van der Waals surface area contributed by atoms with Gasteiger partial charge in [-0.15, -0.1) is 5.10 Å². The van der Waals surface area contributed by atoms with Crippen molar-refractivity contribution in [2.75, 3.05) is 74.9 Å². The molecule has 206 valence electrons. The zero-order chi connectivity index (χ0) is 27.2. The van der Waals surface area contributed by atoms with Crippen LogP contribution in [0.1, 0.15) is 0 Å². The Balaban J connectivity index is 1.08. The fourth-order valence-electron chi connectivity index (χ4n) is 4.20. The largest absolute Gasteiger partial charge is 0.492 e. The number of benzene rings is 1. The third-order valence-electron chi connectivity index (χ3n) is 6.20. The molecule has 1 aliphatic rings. The molecule has 1 saturated heterocycles. The van der Waals surface area contributed by atoms with Crippen LogP contribution < -0.4 is 31.7 Å². The van der Waals surface area contributed by atoms with Gasteiger partial charge in [-0.1, -0.05) is 0 Å². The van der Waals surface area contributed by atoms with E-state index in [1.54, 1.807) is 30.5 Å². The molecule has 14 nitrogen and oxygen atoms in total. The third kappa shape index (κ3) is 6.32. The molecule has 6 N–H and O–H groups in total. The van der Waals surface area contributed by atoms with Crippen molar-refractivity contribution in [3.63, 3.8) is 0 Å². The Kier molecular flexibility index (Phi) is 7.98. The molecule has 1 amide bonds. The summed E-state index contributed by atoms with van der Waals surface area (Å²) in [5.74, 6) is 1.55. The minimum absolute atomic E-state index is 0.0781. The van der Waals surface area contributed by atoms with Gasteiger partial charge in [-0.2, -0.15) is 19.5 Å². The number of furan rings is 1. The van der Waals surface area contributed by atoms with Crippen LogP contribution in [0.5, 0.6) is 5.75 Å². The first kappa shape index (κ1) is 26.1. The van der Waals surface area contributed by atoms with Crippen LogP contribution in [0.4, 0.5) is 22.0 Å². The number of nitrogens with zero attached hydrogens (tertiary/aromatic N) is 7. The van der Waals surface area contributed by atoms with Gasteiger partial charge in [0.1, 0.15) is 18.2 Å². The highest BCUT2D eigenvalue weighted by Gasteiger charge is 2.20. The average Bonchev–Trinajstić information content (AvgIpc) is 3.62. The Labute approximate surface area is 223 Å². The number of halogens is 1. The van der Waals surface area contributed by atoms with E-state index < -0.39 is 0 Å². The van der Waals surface area contributed by atoms with Gasteiger partial charge in [-0.25, -0.2) is 4.39 Å². The molecule has 1 fully saturated rings. The highest BCUT2D eigenvalue weighted by Crippen LogP contribution is 2.25. The van der Waals surface area contributed by atoms with Gasteiger partial charge in [0, 0.05) is 45.3 Å². The van der Waals surface area contributed by atoms with Crippen LogP contribution in [0.15, 0.2) is 41.0 Å². The van der Waals surface area contributed by atoms with E-state index in [4.69, 9.17) is 20.6 Å². The molecule has 4 heterocycles. The average molecular weight is 540 g/mol. The highest BCUT2D eigenvalue weighted by atomic mass is 19.1. The number of amides is 1. The first-order chi connectivity index (χ1) is 19.0. The molecule has 1 aromatic carbocycles. The quantitative estimate of drug-likeness (QED) is 0.190. The van der Waals surface area contributed by atoms with Crippen LogP contribution in [0.2, 0.25) is 0 Å². The Morgan fingerprint density at radius 2 is 1.97 bits per heavy atom. The summed E-state index contributed by atoms with van der Waals surface area (Å²) in [5.41, 5.74) is 11.8. The van der Waals surface area contributed by atoms with E-state index in [9.17, 15) is 9.18 Å². The molecule has 39 heavy (non-hydrogen) atoms. The molecule has 1 aliphatic heterocycles. The second-order valence-electron chi connectivity index (χ2n) is 8.80. The molecule has 5 rings (SSSR count). The zero-order valence-electron chi connectivity index (χ0n) is 21.2. The molecular weight excluding hydrogens is 509 g/mol. The Hall–Kier alpha value is -4.50. The summed E-state index contributed by atoms with van der Waals surface area (Å²) in [6.07, 6.45) is 1.54. The van der Waals surface area contributed by atoms with Crippen LogP contribution in [0.25, 0.3) is 17.4 Å². The van der Waals surface area contributed by atoms with Crippen molar-refractivity contribution in [2.45, 2.75) is 0 Å². The molecule has 0 bridgehead atoms. The first-order valence-corrected chi connectivity index (χ1v) is 12.5. The SMILES string of the molecule is NCC(=O)NCCOc1ccc(N2CCN(CCNc3nc(N)n4nc(-c5ccco5)nc4n3)CC2)c(F)c1. The predicted molar refractivity (Wildman–Crippen MR) is 142 cm³/mol. The number of nitrogens with two attached hydrogens (primary N) is 2. The van der Waals surface area contributed by atoms with Gasteiger partial charge in [0.05, 0.1) is 25.0 Å². The lowest BCUT2D eigenvalue weighted by molar-refractivity contribution is -0.119. The van der Waals surface area contributed by atoms with E-state index in [-0.39, 0.29) is 30.8 Å². The molecule has 0 aliphatic carbocycles. The fourth-order valence-corrected chi connectivity index (χ4v) is 4.20. The summed E-state index contributed by atoms with van der Waals surface area (Å²) in [6.45, 7) is 4.73. The fraction of sp³-hybridized carbons (Fsp3) is 0.375. The van der Waals surface area contributed by atoms with Crippen LogP contribution in [-0.2, 0) is 4.79 Å². The van der Waals surface area contributed by atoms with E-state index in [0.29, 0.717) is 60.9 Å². The van der Waals surface area contributed by atoms with Gasteiger partial charge in [-0.3, -0.25) is 9.69 Å². The van der Waals surface area contributed by atoms with Gasteiger partial charge < -0.3 is 36.2 Å². The van der Waals surface area contributed by atoms with Crippen molar-refractivity contribution in [3.05, 3.63) is 42.4 Å². The highest BCUT2D eigenvalue weighted by molar-refractivity contribution is 5.77. The lowest BCUT2D eigenvalue weighted by Crippen LogP contribution is -2.48. The van der Waals surface area contributed by atoms with Crippen molar-refractivity contribution in [1.29, 1.82) is 0 Å². The molecule has 0 radical (unpaired) electrons. The lowest BCUT2D eigenvalue weighted by Gasteiger charge is -2.36. The van der Waals surface area contributed by atoms with Gasteiger partial charge >= 0.3 is 0 Å². The zero-order valence-corrected chi connectivity index (χ0v) is 21.2. The van der Waals surface area contributed by atoms with Gasteiger partial charge in [0.25, 0.3) is 5.78 Å². The van der Waals surface area contributed by atoms with Crippen molar-refractivity contribution >= 4 is 29.3 Å². The van der Waals surface area contributed by atoms with E-state index in [2.05, 4.69) is 35.6 Å². The summed E-state index contributed by atoms with van der Waals surface area (Å²) in [4.78, 5) is 28.5. The summed E-state index contributed by atoms with van der Waals surface area (Å²) in [5, 5.41) is 10.1. The normalized spacial score (nSPS) is 14.1. The smallest absolute Gasteiger partial charge is 0.259 e. The Morgan fingerprint density at radius 1 is 1.13 bits per heavy atom. The molecule has 4 aromatic rings. The van der Waals surface area contributed by atoms with Crippen molar-refractivity contribution < 1.29 is 18.3 Å². The van der Waals surface area contributed by atoms with Gasteiger partial charge in [0.2, 0.25) is 23.6 Å². The van der Waals surface area contributed by atoms with Crippen molar-refractivity contribution in [1.82, 2.24) is 34.8 Å². The van der Waals surface area contributed by atoms with E-state index in [1.165, 1.54) is 10.6 Å². The predicted octanol–water partition coefficient (Wildman–Crippen LogP) is 0.188. The molecule has 3 aromatic heterocycles. The number of carbonyl (C=O) groups excluding carboxylic acids is 1. The van der Waals surface area contributed by atoms with E-state index in [0.717, 1.165) is 19.6 Å². The lowest BCUT2D eigenvalue weighted by atomic mass is 10.2. The van der Waals surface area contributed by atoms with Crippen molar-refractivity contribution in [3.8, 4) is 17.3 Å². The summed E-state index contributed by atoms with van der Waals surface area (Å²) in [7, 11) is 0. The van der Waals surface area contributed by atoms with Crippen LogP contribution in [0.3, 0.4) is 0 Å². The Morgan fingerprint density at radius 3 is 2.72 bits per heavy atom. The molecule has 0 spiro atoms. The number of carbonyl (C=O) groups is 1. The maximum atomic E-state index is 14.8. The second kappa shape index (κ2) is 11.9. The van der Waals surface area contributed by atoms with Gasteiger partial charge in [-0.05, 0) is 24.3 Å². The van der Waals surface area contributed by atoms with E-state index >= 15 is 0 Å². The number of hydrogen-bond donors (Lipinski definition) is 4. The number of hydrogen-bond acceptors (Lipinski definition) is 12. The number of rotatable bonds is 11. The number of nitrogen functional groups attached to an aromatic ring is 1. The summed E-state index contributed by atoms with van der Waals surface area (Å²) < 4.78 is 27.0. The summed E-state index contributed by atoms with van der Waals surface area (Å²) in [6, 6.07) is 8.33. The second-order valence-corrected chi connectivity index (χ2v) is 8.80. The Bertz CT molecular complexity index is 1400. The monoisotopic (exact) mass is 539 g/mol. The number of aromatic nitrogens is 5. The molecule has 15 heteroatoms. The minimum Gasteiger partial charge on any atom is -0.492 e. The maximum absolute atomic E-state index is 14.8. The number of piperazine rings is 1. The number of anilines is 3. The van der Waals surface area contributed by atoms with Crippen LogP contribution in [0, 0.1) is 5.82 Å². The standard InChI is InChI=1S/C24H30FN11O3/c25-17-14-16(38-13-6-28-20(37)15-26)3-4-18(17)35-10-8-34(9-11-35)7-5-29-23-31-22(27)36-24(32-23)30-21(33-36)19-2-1-12-39-19/h1-4,12,14H,5-11,13,15,26H2,(H,28,37)(H3,27,29,30,31,32,33). The minimum atomic E-state index is -0.345. The first-order valence-electron chi connectivity index (χ1n) is 12.5. The van der Waals surface area contributed by atoms with E-state index in [1.807, 2.05) is 4.90 Å². The molecule has 0 unspecified atom stereocenters.